The summed E-state index contributed by atoms with van der Waals surface area (Å²) in [5.74, 6) is 0.579. The van der Waals surface area contributed by atoms with E-state index in [-0.39, 0.29) is 11.7 Å². The number of rotatable bonds is 3. The lowest BCUT2D eigenvalue weighted by Gasteiger charge is -1.94. The normalized spacial score (nSPS) is 10.8. The number of amides is 1. The fourth-order valence-corrected chi connectivity index (χ4v) is 1.20. The Balaban J connectivity index is 1.94. The lowest BCUT2D eigenvalue weighted by molar-refractivity contribution is 0.0926. The van der Waals surface area contributed by atoms with Gasteiger partial charge in [0.05, 0.1) is 11.9 Å². The largest absolute Gasteiger partial charge is 0.456 e. The summed E-state index contributed by atoms with van der Waals surface area (Å²) < 4.78 is 5.14. The average Bonchev–Trinajstić information content (AvgIpc) is 2.89. The highest BCUT2D eigenvalue weighted by molar-refractivity contribution is 5.92. The summed E-state index contributed by atoms with van der Waals surface area (Å²) in [4.78, 5) is 14.4. The zero-order chi connectivity index (χ0) is 11.4. The third-order valence-corrected chi connectivity index (χ3v) is 1.96. The van der Waals surface area contributed by atoms with Crippen molar-refractivity contribution < 1.29 is 9.21 Å². The smallest absolute Gasteiger partial charge is 0.307 e. The molecule has 2 rings (SSSR count). The van der Waals surface area contributed by atoms with Gasteiger partial charge in [-0.05, 0) is 31.2 Å². The maximum Gasteiger partial charge on any atom is 0.307 e. The maximum atomic E-state index is 11.5. The first-order valence-electron chi connectivity index (χ1n) is 4.79. The van der Waals surface area contributed by atoms with Crippen LogP contribution in [-0.4, -0.2) is 17.1 Å². The molecule has 2 N–H and O–H groups in total. The number of nitrogens with one attached hydrogen (secondary N) is 2. The predicted molar refractivity (Wildman–Crippen MR) is 59.3 cm³/mol. The summed E-state index contributed by atoms with van der Waals surface area (Å²) >= 11 is 0. The number of nitrogens with zero attached hydrogens (tertiary/aromatic N) is 1. The number of H-pyrrole nitrogens is 1. The van der Waals surface area contributed by atoms with Gasteiger partial charge in [-0.2, -0.15) is 5.10 Å². The molecule has 2 heterocycles. The first-order valence-corrected chi connectivity index (χ1v) is 4.79. The fourth-order valence-electron chi connectivity index (χ4n) is 1.20. The second-order valence-corrected chi connectivity index (χ2v) is 3.23. The molecular weight excluding hydrogens is 206 g/mol. The molecule has 0 bridgehead atoms. The number of furan rings is 1. The molecule has 1 amide bonds. The number of carbonyl (C=O) groups is 1. The minimum Gasteiger partial charge on any atom is -0.456 e. The van der Waals surface area contributed by atoms with Crippen LogP contribution in [-0.2, 0) is 0 Å². The molecule has 0 aromatic carbocycles. The number of aromatic amines is 1. The summed E-state index contributed by atoms with van der Waals surface area (Å²) in [6.45, 7) is 1.78. The van der Waals surface area contributed by atoms with Gasteiger partial charge in [0.25, 0.3) is 0 Å². The second kappa shape index (κ2) is 4.48. The molecule has 0 aliphatic heterocycles. The van der Waals surface area contributed by atoms with E-state index in [0.29, 0.717) is 5.76 Å². The summed E-state index contributed by atoms with van der Waals surface area (Å²) in [6.07, 6.45) is 3.30. The van der Waals surface area contributed by atoms with E-state index in [0.717, 1.165) is 5.69 Å². The lowest BCUT2D eigenvalue weighted by Crippen LogP contribution is -2.16. The Morgan fingerprint density at radius 3 is 3.00 bits per heavy atom. The van der Waals surface area contributed by atoms with Crippen LogP contribution in [0.15, 0.2) is 40.0 Å². The minimum atomic E-state index is -0.365. The van der Waals surface area contributed by atoms with Crippen molar-refractivity contribution in [3.05, 3.63) is 47.7 Å². The molecule has 5 heteroatoms. The standard InChI is InChI=1S/C11H11N3O2/c1-8-4-5-10(16-8)11(15)14-13-7-9-3-2-6-12-9/h2-7,12H,1H3,(H,14,15). The number of carbonyl (C=O) groups excluding carboxylic acids is 1. The number of hydrogen-bond donors (Lipinski definition) is 2. The van der Waals surface area contributed by atoms with Crippen LogP contribution in [0, 0.1) is 6.92 Å². The number of aryl methyl sites for hydroxylation is 1. The van der Waals surface area contributed by atoms with E-state index in [1.54, 1.807) is 25.3 Å². The number of hydrazone groups is 1. The van der Waals surface area contributed by atoms with Gasteiger partial charge in [-0.1, -0.05) is 0 Å². The molecule has 0 radical (unpaired) electrons. The molecule has 2 aromatic heterocycles. The zero-order valence-electron chi connectivity index (χ0n) is 8.73. The van der Waals surface area contributed by atoms with Crippen molar-refractivity contribution in [1.82, 2.24) is 10.4 Å². The molecule has 0 atom stereocenters. The fraction of sp³-hybridized carbons (Fsp3) is 0.0909. The number of hydrogen-bond acceptors (Lipinski definition) is 3. The topological polar surface area (TPSA) is 70.4 Å². The molecule has 0 aliphatic rings. The van der Waals surface area contributed by atoms with Crippen LogP contribution in [0.25, 0.3) is 0 Å². The summed E-state index contributed by atoms with van der Waals surface area (Å²) in [5, 5.41) is 3.78. The van der Waals surface area contributed by atoms with Crippen molar-refractivity contribution in [1.29, 1.82) is 0 Å². The van der Waals surface area contributed by atoms with Gasteiger partial charge in [-0.15, -0.1) is 0 Å². The van der Waals surface area contributed by atoms with E-state index in [2.05, 4.69) is 15.5 Å². The molecule has 0 spiro atoms. The molecular formula is C11H11N3O2. The first kappa shape index (κ1) is 10.2. The number of aromatic nitrogens is 1. The van der Waals surface area contributed by atoms with Gasteiger partial charge in [-0.3, -0.25) is 4.79 Å². The summed E-state index contributed by atoms with van der Waals surface area (Å²) in [7, 11) is 0. The Morgan fingerprint density at radius 2 is 2.38 bits per heavy atom. The van der Waals surface area contributed by atoms with Crippen molar-refractivity contribution in [2.24, 2.45) is 5.10 Å². The van der Waals surface area contributed by atoms with Gasteiger partial charge in [0.15, 0.2) is 5.76 Å². The molecule has 0 saturated heterocycles. The van der Waals surface area contributed by atoms with Crippen LogP contribution in [0.3, 0.4) is 0 Å². The van der Waals surface area contributed by atoms with E-state index in [9.17, 15) is 4.79 Å². The van der Waals surface area contributed by atoms with Gasteiger partial charge in [-0.25, -0.2) is 5.43 Å². The molecule has 82 valence electrons. The Bertz CT molecular complexity index is 497. The monoisotopic (exact) mass is 217 g/mol. The van der Waals surface area contributed by atoms with Crippen LogP contribution in [0.2, 0.25) is 0 Å². The van der Waals surface area contributed by atoms with Crippen LogP contribution in [0.1, 0.15) is 22.0 Å². The molecule has 5 nitrogen and oxygen atoms in total. The van der Waals surface area contributed by atoms with Crippen molar-refractivity contribution >= 4 is 12.1 Å². The molecule has 2 aromatic rings. The lowest BCUT2D eigenvalue weighted by atomic mass is 10.4. The predicted octanol–water partition coefficient (Wildman–Crippen LogP) is 1.68. The van der Waals surface area contributed by atoms with E-state index in [1.807, 2.05) is 12.1 Å². The summed E-state index contributed by atoms with van der Waals surface area (Å²) in [5.41, 5.74) is 3.18. The maximum absolute atomic E-state index is 11.5. The molecule has 0 unspecified atom stereocenters. The van der Waals surface area contributed by atoms with Gasteiger partial charge >= 0.3 is 5.91 Å². The van der Waals surface area contributed by atoms with E-state index >= 15 is 0 Å². The van der Waals surface area contributed by atoms with Crippen LogP contribution in [0.5, 0.6) is 0 Å². The zero-order valence-corrected chi connectivity index (χ0v) is 8.73. The Morgan fingerprint density at radius 1 is 1.50 bits per heavy atom. The van der Waals surface area contributed by atoms with Crippen molar-refractivity contribution in [2.45, 2.75) is 6.92 Å². The third-order valence-electron chi connectivity index (χ3n) is 1.96. The third kappa shape index (κ3) is 2.38. The van der Waals surface area contributed by atoms with E-state index < -0.39 is 0 Å². The Hall–Kier alpha value is -2.30. The minimum absolute atomic E-state index is 0.251. The van der Waals surface area contributed by atoms with Gasteiger partial charge in [0, 0.05) is 6.20 Å². The van der Waals surface area contributed by atoms with Gasteiger partial charge < -0.3 is 9.40 Å². The van der Waals surface area contributed by atoms with Crippen molar-refractivity contribution in [2.75, 3.05) is 0 Å². The average molecular weight is 217 g/mol. The molecule has 0 aliphatic carbocycles. The second-order valence-electron chi connectivity index (χ2n) is 3.23. The van der Waals surface area contributed by atoms with Crippen molar-refractivity contribution in [3.8, 4) is 0 Å². The molecule has 0 saturated carbocycles. The van der Waals surface area contributed by atoms with E-state index in [4.69, 9.17) is 4.42 Å². The quantitative estimate of drug-likeness (QED) is 0.606. The summed E-state index contributed by atoms with van der Waals surface area (Å²) in [6, 6.07) is 7.02. The molecule has 16 heavy (non-hydrogen) atoms. The van der Waals surface area contributed by atoms with Crippen molar-refractivity contribution in [3.63, 3.8) is 0 Å². The highest BCUT2D eigenvalue weighted by Crippen LogP contribution is 2.05. The Labute approximate surface area is 92.2 Å². The first-order chi connectivity index (χ1) is 7.75. The Kier molecular flexibility index (Phi) is 2.86. The van der Waals surface area contributed by atoms with Crippen LogP contribution < -0.4 is 5.43 Å². The van der Waals surface area contributed by atoms with Gasteiger partial charge in [0.1, 0.15) is 5.76 Å². The van der Waals surface area contributed by atoms with E-state index in [1.165, 1.54) is 6.21 Å². The van der Waals surface area contributed by atoms with Crippen LogP contribution >= 0.6 is 0 Å². The highest BCUT2D eigenvalue weighted by atomic mass is 16.3. The van der Waals surface area contributed by atoms with Gasteiger partial charge in [0.2, 0.25) is 0 Å². The highest BCUT2D eigenvalue weighted by Gasteiger charge is 2.07. The SMILES string of the molecule is Cc1ccc(C(=O)NN=Cc2ccc[nH]2)o1. The van der Waals surface area contributed by atoms with Crippen LogP contribution in [0.4, 0.5) is 0 Å². The molecule has 0 fully saturated rings.